The number of thiophene rings is 1. The van der Waals surface area contributed by atoms with E-state index in [0.29, 0.717) is 10.6 Å². The summed E-state index contributed by atoms with van der Waals surface area (Å²) in [5.41, 5.74) is 4.11. The molecular weight excluding hydrogens is 450 g/mol. The predicted molar refractivity (Wildman–Crippen MR) is 122 cm³/mol. The summed E-state index contributed by atoms with van der Waals surface area (Å²) < 4.78 is 5.94. The highest BCUT2D eigenvalue weighted by atomic mass is 79.9. The molecule has 29 heavy (non-hydrogen) atoms. The lowest BCUT2D eigenvalue weighted by atomic mass is 10.0. The Hall–Kier alpha value is -2.70. The minimum absolute atomic E-state index is 0.306. The van der Waals surface area contributed by atoms with Crippen LogP contribution in [0.15, 0.2) is 59.1 Å². The molecular formula is C23H20BrNO3S. The number of hydrogen-bond acceptors (Lipinski definition) is 4. The van der Waals surface area contributed by atoms with Crippen molar-refractivity contribution < 1.29 is 14.3 Å². The van der Waals surface area contributed by atoms with Crippen LogP contribution in [0.1, 0.15) is 26.4 Å². The van der Waals surface area contributed by atoms with Crippen molar-refractivity contribution in [2.45, 2.75) is 13.8 Å². The summed E-state index contributed by atoms with van der Waals surface area (Å²) in [6, 6.07) is 15.5. The number of carbonyl (C=O) groups is 2. The average molecular weight is 470 g/mol. The first-order valence-electron chi connectivity index (χ1n) is 8.92. The lowest BCUT2D eigenvalue weighted by Gasteiger charge is -2.07. The Morgan fingerprint density at radius 1 is 1.03 bits per heavy atom. The van der Waals surface area contributed by atoms with E-state index in [4.69, 9.17) is 4.74 Å². The van der Waals surface area contributed by atoms with Gasteiger partial charge in [0.25, 0.3) is 0 Å². The van der Waals surface area contributed by atoms with Gasteiger partial charge in [0.1, 0.15) is 10.6 Å². The van der Waals surface area contributed by atoms with Gasteiger partial charge in [0.15, 0.2) is 0 Å². The van der Waals surface area contributed by atoms with Crippen molar-refractivity contribution in [3.8, 4) is 11.1 Å². The van der Waals surface area contributed by atoms with Crippen LogP contribution in [0.25, 0.3) is 17.2 Å². The van der Waals surface area contributed by atoms with Crippen molar-refractivity contribution in [1.29, 1.82) is 0 Å². The van der Waals surface area contributed by atoms with Crippen molar-refractivity contribution in [2.75, 3.05) is 12.4 Å². The van der Waals surface area contributed by atoms with E-state index >= 15 is 0 Å². The second kappa shape index (κ2) is 9.20. The van der Waals surface area contributed by atoms with Crippen LogP contribution in [0.5, 0.6) is 0 Å². The third-order valence-corrected chi connectivity index (χ3v) is 5.90. The summed E-state index contributed by atoms with van der Waals surface area (Å²) in [4.78, 5) is 25.9. The molecule has 0 spiro atoms. The van der Waals surface area contributed by atoms with Gasteiger partial charge in [-0.1, -0.05) is 57.9 Å². The maximum Gasteiger partial charge on any atom is 0.341 e. The topological polar surface area (TPSA) is 55.4 Å². The minimum atomic E-state index is -0.481. The molecule has 0 saturated heterocycles. The van der Waals surface area contributed by atoms with Crippen LogP contribution in [0.3, 0.4) is 0 Å². The number of anilines is 1. The van der Waals surface area contributed by atoms with E-state index in [2.05, 4.69) is 21.2 Å². The zero-order valence-corrected chi connectivity index (χ0v) is 18.7. The molecule has 1 aromatic heterocycles. The van der Waals surface area contributed by atoms with E-state index in [9.17, 15) is 9.59 Å². The van der Waals surface area contributed by atoms with E-state index in [1.807, 2.05) is 62.4 Å². The van der Waals surface area contributed by atoms with Gasteiger partial charge >= 0.3 is 5.97 Å². The Kier molecular flexibility index (Phi) is 6.67. The van der Waals surface area contributed by atoms with Gasteiger partial charge in [-0.2, -0.15) is 0 Å². The predicted octanol–water partition coefficient (Wildman–Crippen LogP) is 6.23. The highest BCUT2D eigenvalue weighted by molar-refractivity contribution is 9.10. The number of carbonyl (C=O) groups excluding carboxylic acids is 2. The second-order valence-electron chi connectivity index (χ2n) is 6.47. The Bertz CT molecular complexity index is 1070. The highest BCUT2D eigenvalue weighted by Gasteiger charge is 2.24. The fraction of sp³-hybridized carbons (Fsp3) is 0.130. The standard InChI is InChI=1S/C23H20BrNO3S/c1-14-4-6-16(7-5-14)8-13-19(26)25-22-21(23(27)28-3)20(15(2)29-22)17-9-11-18(24)12-10-17/h4-13H,1-3H3,(H,25,26)/b13-8+. The van der Waals surface area contributed by atoms with Gasteiger partial charge in [-0.05, 0) is 43.2 Å². The number of amides is 1. The molecule has 0 bridgehead atoms. The normalized spacial score (nSPS) is 10.9. The van der Waals surface area contributed by atoms with E-state index < -0.39 is 5.97 Å². The number of esters is 1. The molecule has 4 nitrogen and oxygen atoms in total. The third-order valence-electron chi connectivity index (χ3n) is 4.35. The molecule has 0 atom stereocenters. The molecule has 0 fully saturated rings. The maximum atomic E-state index is 12.5. The number of hydrogen-bond donors (Lipinski definition) is 1. The number of ether oxygens (including phenoxy) is 1. The first-order chi connectivity index (χ1) is 13.9. The molecule has 6 heteroatoms. The fourth-order valence-corrected chi connectivity index (χ4v) is 4.23. The van der Waals surface area contributed by atoms with Crippen molar-refractivity contribution in [2.24, 2.45) is 0 Å². The van der Waals surface area contributed by atoms with Gasteiger partial charge in [0.2, 0.25) is 5.91 Å². The molecule has 1 heterocycles. The zero-order valence-electron chi connectivity index (χ0n) is 16.3. The van der Waals surface area contributed by atoms with Crippen molar-refractivity contribution in [3.05, 3.63) is 80.6 Å². The van der Waals surface area contributed by atoms with Gasteiger partial charge < -0.3 is 10.1 Å². The zero-order chi connectivity index (χ0) is 21.0. The lowest BCUT2D eigenvalue weighted by molar-refractivity contribution is -0.111. The Morgan fingerprint density at radius 2 is 1.69 bits per heavy atom. The Labute approximate surface area is 182 Å². The van der Waals surface area contributed by atoms with Crippen LogP contribution < -0.4 is 5.32 Å². The van der Waals surface area contributed by atoms with Gasteiger partial charge in [-0.3, -0.25) is 4.79 Å². The molecule has 1 N–H and O–H groups in total. The molecule has 0 saturated carbocycles. The van der Waals surface area contributed by atoms with Crippen LogP contribution in [0, 0.1) is 13.8 Å². The van der Waals surface area contributed by atoms with Crippen LogP contribution in [-0.2, 0) is 9.53 Å². The lowest BCUT2D eigenvalue weighted by Crippen LogP contribution is -2.11. The summed E-state index contributed by atoms with van der Waals surface area (Å²) >= 11 is 4.78. The Morgan fingerprint density at radius 3 is 2.31 bits per heavy atom. The molecule has 0 aliphatic heterocycles. The largest absolute Gasteiger partial charge is 0.465 e. The summed E-state index contributed by atoms with van der Waals surface area (Å²) in [6.07, 6.45) is 3.20. The number of methoxy groups -OCH3 is 1. The second-order valence-corrected chi connectivity index (χ2v) is 8.61. The Balaban J connectivity index is 1.91. The van der Waals surface area contributed by atoms with Crippen molar-refractivity contribution in [1.82, 2.24) is 0 Å². The average Bonchev–Trinajstić information content (AvgIpc) is 3.03. The van der Waals surface area contributed by atoms with Crippen LogP contribution in [-0.4, -0.2) is 19.0 Å². The monoisotopic (exact) mass is 469 g/mol. The molecule has 148 valence electrons. The first kappa shape index (κ1) is 21.0. The molecule has 0 radical (unpaired) electrons. The van der Waals surface area contributed by atoms with Crippen LogP contribution in [0.4, 0.5) is 5.00 Å². The van der Waals surface area contributed by atoms with Gasteiger partial charge in [0.05, 0.1) is 7.11 Å². The molecule has 0 unspecified atom stereocenters. The van der Waals surface area contributed by atoms with Gasteiger partial charge in [-0.25, -0.2) is 4.79 Å². The van der Waals surface area contributed by atoms with Crippen molar-refractivity contribution in [3.63, 3.8) is 0 Å². The van der Waals surface area contributed by atoms with Crippen molar-refractivity contribution >= 4 is 50.2 Å². The minimum Gasteiger partial charge on any atom is -0.465 e. The number of rotatable bonds is 5. The SMILES string of the molecule is COC(=O)c1c(NC(=O)/C=C/c2ccc(C)cc2)sc(C)c1-c1ccc(Br)cc1. The fourth-order valence-electron chi connectivity index (χ4n) is 2.90. The third kappa shape index (κ3) is 5.02. The smallest absolute Gasteiger partial charge is 0.341 e. The van der Waals surface area contributed by atoms with Crippen LogP contribution >= 0.6 is 27.3 Å². The highest BCUT2D eigenvalue weighted by Crippen LogP contribution is 2.40. The number of nitrogens with one attached hydrogen (secondary N) is 1. The van der Waals surface area contributed by atoms with E-state index in [-0.39, 0.29) is 5.91 Å². The quantitative estimate of drug-likeness (QED) is 0.355. The molecule has 3 rings (SSSR count). The maximum absolute atomic E-state index is 12.5. The summed E-state index contributed by atoms with van der Waals surface area (Å²) in [5.74, 6) is -0.788. The van der Waals surface area contributed by atoms with E-state index in [0.717, 1.165) is 31.6 Å². The summed E-state index contributed by atoms with van der Waals surface area (Å²) in [5, 5.41) is 3.31. The molecule has 3 aromatic rings. The van der Waals surface area contributed by atoms with Gasteiger partial charge in [-0.15, -0.1) is 11.3 Å². The molecule has 0 aliphatic carbocycles. The van der Waals surface area contributed by atoms with Gasteiger partial charge in [0, 0.05) is 21.0 Å². The van der Waals surface area contributed by atoms with Crippen LogP contribution in [0.2, 0.25) is 0 Å². The number of halogens is 1. The van der Waals surface area contributed by atoms with E-state index in [1.165, 1.54) is 24.5 Å². The van der Waals surface area contributed by atoms with E-state index in [1.54, 1.807) is 6.08 Å². The first-order valence-corrected chi connectivity index (χ1v) is 10.5. The number of benzene rings is 2. The molecule has 2 aromatic carbocycles. The summed E-state index contributed by atoms with van der Waals surface area (Å²) in [7, 11) is 1.34. The summed E-state index contributed by atoms with van der Waals surface area (Å²) in [6.45, 7) is 3.93. The molecule has 0 aliphatic rings. The number of aryl methyl sites for hydroxylation is 2. The molecule has 1 amide bonds.